The smallest absolute Gasteiger partial charge is 0.169 e. The lowest BCUT2D eigenvalue weighted by Gasteiger charge is -2.36. The maximum atomic E-state index is 5.16. The summed E-state index contributed by atoms with van der Waals surface area (Å²) in [5, 5.41) is 3.48. The van der Waals surface area contributed by atoms with Crippen molar-refractivity contribution in [3.8, 4) is 0 Å². The minimum Gasteiger partial charge on any atom is -0.355 e. The molecule has 16 heavy (non-hydrogen) atoms. The van der Waals surface area contributed by atoms with E-state index >= 15 is 0 Å². The first-order valence-electron chi connectivity index (χ1n) is 6.08. The monoisotopic (exact) mass is 247 g/mol. The molecule has 0 amide bonds. The molecular weight excluding hydrogens is 222 g/mol. The first-order valence-corrected chi connectivity index (χ1v) is 7.30. The molecule has 0 unspecified atom stereocenters. The normalized spacial score (nSPS) is 20.2. The van der Waals surface area contributed by atoms with Crippen molar-refractivity contribution >= 4 is 11.8 Å². The number of methoxy groups -OCH3 is 2. The van der Waals surface area contributed by atoms with Crippen molar-refractivity contribution in [3.63, 3.8) is 0 Å². The van der Waals surface area contributed by atoms with Gasteiger partial charge in [0.1, 0.15) is 0 Å². The molecule has 1 aliphatic carbocycles. The van der Waals surface area contributed by atoms with E-state index in [4.69, 9.17) is 9.47 Å². The van der Waals surface area contributed by atoms with Crippen molar-refractivity contribution in [2.75, 3.05) is 33.6 Å². The summed E-state index contributed by atoms with van der Waals surface area (Å²) in [5.74, 6) is 0. The lowest BCUT2D eigenvalue weighted by molar-refractivity contribution is -0.0989. The number of hydrogen-bond acceptors (Lipinski definition) is 4. The quantitative estimate of drug-likeness (QED) is 0.699. The van der Waals surface area contributed by atoms with Crippen molar-refractivity contribution in [1.82, 2.24) is 5.32 Å². The fourth-order valence-corrected chi connectivity index (χ4v) is 3.27. The van der Waals surface area contributed by atoms with Gasteiger partial charge in [0.15, 0.2) is 6.29 Å². The van der Waals surface area contributed by atoms with Gasteiger partial charge in [0, 0.05) is 32.1 Å². The minimum absolute atomic E-state index is 0.123. The largest absolute Gasteiger partial charge is 0.355 e. The van der Waals surface area contributed by atoms with E-state index in [0.29, 0.717) is 4.75 Å². The van der Waals surface area contributed by atoms with E-state index in [9.17, 15) is 0 Å². The topological polar surface area (TPSA) is 30.5 Å². The zero-order chi connectivity index (χ0) is 11.9. The van der Waals surface area contributed by atoms with Crippen LogP contribution in [0.4, 0.5) is 0 Å². The Morgan fingerprint density at radius 2 is 1.81 bits per heavy atom. The van der Waals surface area contributed by atoms with Crippen LogP contribution in [0.1, 0.15) is 32.1 Å². The third-order valence-corrected chi connectivity index (χ3v) is 4.90. The fourth-order valence-electron chi connectivity index (χ4n) is 2.33. The Morgan fingerprint density at radius 1 is 1.19 bits per heavy atom. The van der Waals surface area contributed by atoms with E-state index < -0.39 is 0 Å². The average molecular weight is 247 g/mol. The molecule has 0 spiro atoms. The Kier molecular flexibility index (Phi) is 6.73. The summed E-state index contributed by atoms with van der Waals surface area (Å²) in [6.45, 7) is 1.84. The highest BCUT2D eigenvalue weighted by Crippen LogP contribution is 2.37. The van der Waals surface area contributed by atoms with Crippen LogP contribution in [0, 0.1) is 0 Å². The van der Waals surface area contributed by atoms with Crippen molar-refractivity contribution < 1.29 is 9.47 Å². The number of rotatable bonds is 7. The summed E-state index contributed by atoms with van der Waals surface area (Å²) in [6.07, 6.45) is 8.94. The molecule has 0 bridgehead atoms. The predicted molar refractivity (Wildman–Crippen MR) is 70.0 cm³/mol. The SMILES string of the molecule is COC(CNCC1(SC)CCCCC1)OC. The van der Waals surface area contributed by atoms with Crippen LogP contribution >= 0.6 is 11.8 Å². The van der Waals surface area contributed by atoms with Gasteiger partial charge in [0.2, 0.25) is 0 Å². The van der Waals surface area contributed by atoms with Gasteiger partial charge in [-0.2, -0.15) is 11.8 Å². The second-order valence-corrected chi connectivity index (χ2v) is 5.75. The predicted octanol–water partition coefficient (Wildman–Crippen LogP) is 2.26. The summed E-state index contributed by atoms with van der Waals surface area (Å²) in [7, 11) is 3.36. The molecule has 0 aromatic heterocycles. The first-order chi connectivity index (χ1) is 7.76. The van der Waals surface area contributed by atoms with Gasteiger partial charge in [-0.3, -0.25) is 0 Å². The van der Waals surface area contributed by atoms with Crippen LogP contribution in [-0.2, 0) is 9.47 Å². The molecule has 1 fully saturated rings. The van der Waals surface area contributed by atoms with Crippen molar-refractivity contribution in [2.45, 2.75) is 43.1 Å². The Morgan fingerprint density at radius 3 is 2.31 bits per heavy atom. The number of ether oxygens (including phenoxy) is 2. The van der Waals surface area contributed by atoms with Crippen LogP contribution in [0.15, 0.2) is 0 Å². The van der Waals surface area contributed by atoms with Gasteiger partial charge >= 0.3 is 0 Å². The second kappa shape index (κ2) is 7.54. The van der Waals surface area contributed by atoms with E-state index in [0.717, 1.165) is 13.1 Å². The van der Waals surface area contributed by atoms with Crippen LogP contribution in [0.2, 0.25) is 0 Å². The Hall–Kier alpha value is 0.230. The van der Waals surface area contributed by atoms with Crippen LogP contribution in [0.3, 0.4) is 0 Å². The number of thioether (sulfide) groups is 1. The maximum absolute atomic E-state index is 5.16. The van der Waals surface area contributed by atoms with Gasteiger partial charge < -0.3 is 14.8 Å². The van der Waals surface area contributed by atoms with Crippen molar-refractivity contribution in [1.29, 1.82) is 0 Å². The third-order valence-electron chi connectivity index (χ3n) is 3.48. The summed E-state index contributed by atoms with van der Waals surface area (Å²) >= 11 is 2.02. The molecule has 0 saturated heterocycles. The molecule has 1 N–H and O–H groups in total. The summed E-state index contributed by atoms with van der Waals surface area (Å²) in [6, 6.07) is 0. The average Bonchev–Trinajstić information content (AvgIpc) is 2.36. The van der Waals surface area contributed by atoms with E-state index in [1.54, 1.807) is 14.2 Å². The highest BCUT2D eigenvalue weighted by atomic mass is 32.2. The molecule has 0 heterocycles. The van der Waals surface area contributed by atoms with Gasteiger partial charge in [-0.25, -0.2) is 0 Å². The minimum atomic E-state index is -0.123. The van der Waals surface area contributed by atoms with Gasteiger partial charge in [0.25, 0.3) is 0 Å². The zero-order valence-electron chi connectivity index (χ0n) is 10.8. The van der Waals surface area contributed by atoms with E-state index in [1.165, 1.54) is 32.1 Å². The lowest BCUT2D eigenvalue weighted by atomic mass is 9.88. The molecule has 0 atom stereocenters. The third kappa shape index (κ3) is 4.24. The number of nitrogens with one attached hydrogen (secondary N) is 1. The molecule has 0 aliphatic heterocycles. The van der Waals surface area contributed by atoms with Crippen LogP contribution in [0.5, 0.6) is 0 Å². The van der Waals surface area contributed by atoms with E-state index in [2.05, 4.69) is 11.6 Å². The fraction of sp³-hybridized carbons (Fsp3) is 1.00. The molecule has 3 nitrogen and oxygen atoms in total. The molecule has 0 aromatic carbocycles. The van der Waals surface area contributed by atoms with Gasteiger partial charge in [0.05, 0.1) is 0 Å². The Bertz CT molecular complexity index is 180. The van der Waals surface area contributed by atoms with Crippen LogP contribution in [-0.4, -0.2) is 44.6 Å². The number of hydrogen-bond donors (Lipinski definition) is 1. The van der Waals surface area contributed by atoms with Gasteiger partial charge in [-0.15, -0.1) is 0 Å². The highest BCUT2D eigenvalue weighted by Gasteiger charge is 2.30. The van der Waals surface area contributed by atoms with E-state index in [-0.39, 0.29) is 6.29 Å². The lowest BCUT2D eigenvalue weighted by Crippen LogP contribution is -2.42. The summed E-state index contributed by atoms with van der Waals surface area (Å²) < 4.78 is 10.8. The molecule has 1 rings (SSSR count). The van der Waals surface area contributed by atoms with Crippen LogP contribution < -0.4 is 5.32 Å². The zero-order valence-corrected chi connectivity index (χ0v) is 11.6. The van der Waals surface area contributed by atoms with Crippen molar-refractivity contribution in [3.05, 3.63) is 0 Å². The first kappa shape index (κ1) is 14.3. The van der Waals surface area contributed by atoms with Crippen LogP contribution in [0.25, 0.3) is 0 Å². The molecule has 0 aromatic rings. The van der Waals surface area contributed by atoms with Crippen molar-refractivity contribution in [2.24, 2.45) is 0 Å². The molecular formula is C12H25NO2S. The Labute approximate surface area is 104 Å². The molecule has 1 saturated carbocycles. The summed E-state index contributed by atoms with van der Waals surface area (Å²) in [5.41, 5.74) is 0. The second-order valence-electron chi connectivity index (χ2n) is 4.48. The molecule has 4 heteroatoms. The molecule has 1 aliphatic rings. The van der Waals surface area contributed by atoms with Gasteiger partial charge in [-0.1, -0.05) is 19.3 Å². The maximum Gasteiger partial charge on any atom is 0.169 e. The summed E-state index contributed by atoms with van der Waals surface area (Å²) in [4.78, 5) is 0. The Balaban J connectivity index is 2.27. The van der Waals surface area contributed by atoms with E-state index in [1.807, 2.05) is 11.8 Å². The standard InChI is InChI=1S/C12H25NO2S/c1-14-11(15-2)9-13-10-12(16-3)7-5-4-6-8-12/h11,13H,4-10H2,1-3H3. The molecule has 0 radical (unpaired) electrons. The molecule has 96 valence electrons. The van der Waals surface area contributed by atoms with Gasteiger partial charge in [-0.05, 0) is 19.1 Å². The highest BCUT2D eigenvalue weighted by molar-refractivity contribution is 8.00.